The molecular weight excluding hydrogens is 358 g/mol. The summed E-state index contributed by atoms with van der Waals surface area (Å²) < 4.78 is 0. The predicted octanol–water partition coefficient (Wildman–Crippen LogP) is 2.35. The molecule has 28 heavy (non-hydrogen) atoms. The highest BCUT2D eigenvalue weighted by atomic mass is 16.4. The maximum absolute atomic E-state index is 13.1. The second kappa shape index (κ2) is 9.08. The number of hydrogen-bond acceptors (Lipinski definition) is 3. The van der Waals surface area contributed by atoms with E-state index >= 15 is 0 Å². The highest BCUT2D eigenvalue weighted by molar-refractivity contribution is 5.86. The molecule has 7 nitrogen and oxygen atoms in total. The summed E-state index contributed by atoms with van der Waals surface area (Å²) in [5, 5.41) is 12.6. The summed E-state index contributed by atoms with van der Waals surface area (Å²) >= 11 is 0. The van der Waals surface area contributed by atoms with Gasteiger partial charge in [0.25, 0.3) is 0 Å². The number of hydrogen-bond donors (Lipinski definition) is 3. The van der Waals surface area contributed by atoms with Crippen molar-refractivity contribution in [3.63, 3.8) is 0 Å². The van der Waals surface area contributed by atoms with Gasteiger partial charge in [-0.15, -0.1) is 0 Å². The Morgan fingerprint density at radius 1 is 1.14 bits per heavy atom. The zero-order chi connectivity index (χ0) is 20.1. The molecule has 1 aromatic carbocycles. The molecule has 0 radical (unpaired) electrons. The van der Waals surface area contributed by atoms with Crippen LogP contribution in [0.25, 0.3) is 0 Å². The first kappa shape index (κ1) is 20.2. The van der Waals surface area contributed by atoms with E-state index in [1.807, 2.05) is 30.3 Å². The van der Waals surface area contributed by atoms with E-state index in [4.69, 9.17) is 5.73 Å². The fraction of sp³-hybridized carbons (Fsp3) is 0.571. The molecule has 7 heteroatoms. The highest BCUT2D eigenvalue weighted by Crippen LogP contribution is 2.43. The van der Waals surface area contributed by atoms with Gasteiger partial charge in [-0.25, -0.2) is 4.79 Å². The molecule has 4 atom stereocenters. The van der Waals surface area contributed by atoms with Crippen LogP contribution in [0.5, 0.6) is 0 Å². The molecule has 1 saturated carbocycles. The minimum absolute atomic E-state index is 0.102. The fourth-order valence-corrected chi connectivity index (χ4v) is 4.97. The van der Waals surface area contributed by atoms with Gasteiger partial charge in [-0.3, -0.25) is 9.59 Å². The maximum atomic E-state index is 13.1. The van der Waals surface area contributed by atoms with Gasteiger partial charge in [0, 0.05) is 19.5 Å². The van der Waals surface area contributed by atoms with Crippen molar-refractivity contribution in [3.05, 3.63) is 35.9 Å². The highest BCUT2D eigenvalue weighted by Gasteiger charge is 2.47. The molecule has 0 aromatic heterocycles. The summed E-state index contributed by atoms with van der Waals surface area (Å²) in [7, 11) is 0. The van der Waals surface area contributed by atoms with Gasteiger partial charge in [-0.2, -0.15) is 0 Å². The molecule has 1 heterocycles. The lowest BCUT2D eigenvalue weighted by Crippen LogP contribution is -2.58. The lowest BCUT2D eigenvalue weighted by atomic mass is 9.67. The van der Waals surface area contributed by atoms with Gasteiger partial charge in [-0.05, 0) is 30.2 Å². The van der Waals surface area contributed by atoms with E-state index in [2.05, 4.69) is 5.32 Å². The number of carbonyl (C=O) groups excluding carboxylic acids is 2. The molecule has 152 valence electrons. The molecule has 0 spiro atoms. The molecule has 1 aliphatic heterocycles. The van der Waals surface area contributed by atoms with Gasteiger partial charge in [0.15, 0.2) is 0 Å². The third-order valence-electron chi connectivity index (χ3n) is 6.23. The second-order valence-corrected chi connectivity index (χ2v) is 7.94. The summed E-state index contributed by atoms with van der Waals surface area (Å²) in [4.78, 5) is 38.1. The number of likely N-dealkylation sites (tertiary alicyclic amines) is 1. The van der Waals surface area contributed by atoms with Crippen LogP contribution < -0.4 is 11.1 Å². The van der Waals surface area contributed by atoms with Crippen LogP contribution in [0.4, 0.5) is 4.79 Å². The zero-order valence-electron chi connectivity index (χ0n) is 16.0. The van der Waals surface area contributed by atoms with Gasteiger partial charge in [0.2, 0.25) is 11.8 Å². The van der Waals surface area contributed by atoms with Crippen molar-refractivity contribution in [2.75, 3.05) is 6.54 Å². The first-order valence-corrected chi connectivity index (χ1v) is 10.1. The van der Waals surface area contributed by atoms with Gasteiger partial charge in [0.05, 0.1) is 12.0 Å². The number of primary amides is 1. The summed E-state index contributed by atoms with van der Waals surface area (Å²) in [5.74, 6) is -1.13. The van der Waals surface area contributed by atoms with Crippen LogP contribution in [-0.2, 0) is 16.1 Å². The van der Waals surface area contributed by atoms with Crippen LogP contribution in [-0.4, -0.2) is 40.5 Å². The largest absolute Gasteiger partial charge is 0.465 e. The van der Waals surface area contributed by atoms with E-state index in [1.165, 1.54) is 4.90 Å². The molecular formula is C21H29N3O4. The number of amides is 3. The Labute approximate surface area is 165 Å². The number of nitrogens with two attached hydrogens (primary N) is 1. The number of carbonyl (C=O) groups is 3. The quantitative estimate of drug-likeness (QED) is 0.695. The molecule has 2 fully saturated rings. The van der Waals surface area contributed by atoms with E-state index in [9.17, 15) is 19.5 Å². The Morgan fingerprint density at radius 3 is 2.54 bits per heavy atom. The number of carboxylic acid groups (broad SMARTS) is 1. The Bertz CT molecular complexity index is 709. The van der Waals surface area contributed by atoms with E-state index in [1.54, 1.807) is 0 Å². The lowest BCUT2D eigenvalue weighted by Gasteiger charge is -2.49. The van der Waals surface area contributed by atoms with Crippen LogP contribution in [0.15, 0.2) is 30.3 Å². The molecule has 3 rings (SSSR count). The van der Waals surface area contributed by atoms with Gasteiger partial charge in [0.1, 0.15) is 0 Å². The van der Waals surface area contributed by atoms with Gasteiger partial charge in [-0.1, -0.05) is 49.6 Å². The molecule has 1 saturated heterocycles. The first-order chi connectivity index (χ1) is 13.5. The van der Waals surface area contributed by atoms with Crippen LogP contribution in [0.1, 0.15) is 44.1 Å². The van der Waals surface area contributed by atoms with Crippen LogP contribution >= 0.6 is 0 Å². The molecule has 4 N–H and O–H groups in total. The Morgan fingerprint density at radius 2 is 1.86 bits per heavy atom. The molecule has 0 bridgehead atoms. The van der Waals surface area contributed by atoms with Crippen molar-refractivity contribution in [1.82, 2.24) is 10.2 Å². The Kier molecular flexibility index (Phi) is 6.54. The van der Waals surface area contributed by atoms with E-state index < -0.39 is 24.0 Å². The number of benzene rings is 1. The van der Waals surface area contributed by atoms with E-state index in [0.29, 0.717) is 19.0 Å². The molecule has 2 aliphatic rings. The topological polar surface area (TPSA) is 113 Å². The van der Waals surface area contributed by atoms with Crippen LogP contribution in [0.2, 0.25) is 0 Å². The SMILES string of the molecule is NC(=O)CC(C(=O)NCc1ccccc1)C1C2CCCCC2CCN1C(=O)O. The predicted molar refractivity (Wildman–Crippen MR) is 104 cm³/mol. The normalized spacial score (nSPS) is 25.4. The van der Waals surface area contributed by atoms with Crippen LogP contribution in [0.3, 0.4) is 0 Å². The third kappa shape index (κ3) is 4.64. The molecule has 1 aliphatic carbocycles. The summed E-state index contributed by atoms with van der Waals surface area (Å²) in [6.45, 7) is 0.741. The summed E-state index contributed by atoms with van der Waals surface area (Å²) in [6, 6.07) is 9.00. The number of nitrogens with one attached hydrogen (secondary N) is 1. The molecule has 3 amide bonds. The number of nitrogens with zero attached hydrogens (tertiary/aromatic N) is 1. The number of piperidine rings is 1. The standard InChI is InChI=1S/C21H29N3O4/c22-18(25)12-17(20(26)23-13-14-6-2-1-3-7-14)19-16-9-5-4-8-15(16)10-11-24(19)21(27)28/h1-3,6-7,15-17,19H,4-5,8-13H2,(H2,22,25)(H,23,26)(H,27,28). The minimum Gasteiger partial charge on any atom is -0.465 e. The van der Waals surface area contributed by atoms with Crippen molar-refractivity contribution in [3.8, 4) is 0 Å². The van der Waals surface area contributed by atoms with Crippen molar-refractivity contribution in [2.24, 2.45) is 23.5 Å². The first-order valence-electron chi connectivity index (χ1n) is 10.1. The molecule has 1 aromatic rings. The van der Waals surface area contributed by atoms with Crippen molar-refractivity contribution in [2.45, 2.75) is 51.1 Å². The zero-order valence-corrected chi connectivity index (χ0v) is 16.0. The maximum Gasteiger partial charge on any atom is 0.407 e. The van der Waals surface area contributed by atoms with Gasteiger partial charge >= 0.3 is 6.09 Å². The number of rotatable bonds is 6. The molecule has 4 unspecified atom stereocenters. The van der Waals surface area contributed by atoms with Crippen molar-refractivity contribution >= 4 is 17.9 Å². The van der Waals surface area contributed by atoms with Crippen LogP contribution in [0, 0.1) is 17.8 Å². The minimum atomic E-state index is -1.03. The van der Waals surface area contributed by atoms with Gasteiger partial charge < -0.3 is 21.1 Å². The third-order valence-corrected chi connectivity index (χ3v) is 6.23. The monoisotopic (exact) mass is 387 g/mol. The summed E-state index contributed by atoms with van der Waals surface area (Å²) in [6.07, 6.45) is 3.77. The average molecular weight is 387 g/mol. The lowest BCUT2D eigenvalue weighted by molar-refractivity contribution is -0.134. The van der Waals surface area contributed by atoms with E-state index in [-0.39, 0.29) is 18.2 Å². The Balaban J connectivity index is 1.82. The summed E-state index contributed by atoms with van der Waals surface area (Å²) in [5.41, 5.74) is 6.40. The fourth-order valence-electron chi connectivity index (χ4n) is 4.97. The van der Waals surface area contributed by atoms with Crippen molar-refractivity contribution < 1.29 is 19.5 Å². The number of fused-ring (bicyclic) bond motifs is 1. The smallest absolute Gasteiger partial charge is 0.407 e. The second-order valence-electron chi connectivity index (χ2n) is 7.94. The van der Waals surface area contributed by atoms with E-state index in [0.717, 1.165) is 37.7 Å². The Hall–Kier alpha value is -2.57. The average Bonchev–Trinajstić information content (AvgIpc) is 2.70. The van der Waals surface area contributed by atoms with Crippen molar-refractivity contribution in [1.29, 1.82) is 0 Å².